The van der Waals surface area contributed by atoms with E-state index in [4.69, 9.17) is 4.74 Å². The minimum Gasteiger partial charge on any atom is -0.447 e. The lowest BCUT2D eigenvalue weighted by Crippen LogP contribution is -2.31. The van der Waals surface area contributed by atoms with Crippen LogP contribution in [0.1, 0.15) is 33.1 Å². The summed E-state index contributed by atoms with van der Waals surface area (Å²) in [5, 5.41) is 0. The number of carbonyl (C=O) groups is 1. The molecule has 1 aliphatic carbocycles. The Bertz CT molecular complexity index is 221. The van der Waals surface area contributed by atoms with E-state index in [0.717, 1.165) is 13.1 Å². The van der Waals surface area contributed by atoms with E-state index in [-0.39, 0.29) is 12.2 Å². The molecule has 2 fully saturated rings. The number of nitrogens with zero attached hydrogens (tertiary/aromatic N) is 1. The molecular formula is C10H17NO2. The number of carbonyl (C=O) groups excluding carboxylic acids is 1. The fourth-order valence-electron chi connectivity index (χ4n) is 1.95. The second-order valence-corrected chi connectivity index (χ2v) is 4.60. The Kier molecular flexibility index (Phi) is 1.97. The fraction of sp³-hybridized carbons (Fsp3) is 0.900. The van der Waals surface area contributed by atoms with Crippen molar-refractivity contribution in [2.24, 2.45) is 5.41 Å². The number of hydrogen-bond donors (Lipinski definition) is 0. The van der Waals surface area contributed by atoms with Crippen LogP contribution in [0.3, 0.4) is 0 Å². The molecule has 0 unspecified atom stereocenters. The maximum atomic E-state index is 11.5. The van der Waals surface area contributed by atoms with E-state index in [0.29, 0.717) is 5.41 Å². The van der Waals surface area contributed by atoms with Crippen molar-refractivity contribution in [3.05, 3.63) is 0 Å². The van der Waals surface area contributed by atoms with E-state index in [2.05, 4.69) is 0 Å². The average Bonchev–Trinajstić information content (AvgIpc) is 2.59. The summed E-state index contributed by atoms with van der Waals surface area (Å²) in [5.41, 5.74) is 0.510. The molecular weight excluding hydrogens is 166 g/mol. The van der Waals surface area contributed by atoms with Crippen LogP contribution in [0.25, 0.3) is 0 Å². The third-order valence-corrected chi connectivity index (χ3v) is 2.99. The predicted molar refractivity (Wildman–Crippen MR) is 49.5 cm³/mol. The van der Waals surface area contributed by atoms with Crippen molar-refractivity contribution in [2.75, 3.05) is 13.1 Å². The molecule has 0 radical (unpaired) electrons. The van der Waals surface area contributed by atoms with Crippen LogP contribution >= 0.6 is 0 Å². The van der Waals surface area contributed by atoms with E-state index in [9.17, 15) is 4.79 Å². The van der Waals surface area contributed by atoms with Crippen molar-refractivity contribution in [1.82, 2.24) is 4.90 Å². The zero-order chi connectivity index (χ0) is 9.47. The molecule has 13 heavy (non-hydrogen) atoms. The number of amides is 1. The minimum absolute atomic E-state index is 0.00301. The molecule has 2 rings (SSSR count). The maximum absolute atomic E-state index is 11.5. The minimum atomic E-state index is -0.126. The van der Waals surface area contributed by atoms with Crippen molar-refractivity contribution in [1.29, 1.82) is 0 Å². The summed E-state index contributed by atoms with van der Waals surface area (Å²) in [4.78, 5) is 13.3. The molecule has 1 amide bonds. The monoisotopic (exact) mass is 183 g/mol. The van der Waals surface area contributed by atoms with E-state index in [1.807, 2.05) is 18.7 Å². The molecule has 0 N–H and O–H groups in total. The van der Waals surface area contributed by atoms with Gasteiger partial charge in [0.1, 0.15) is 0 Å². The lowest BCUT2D eigenvalue weighted by molar-refractivity contribution is 0.0822. The molecule has 1 saturated heterocycles. The molecule has 0 atom stereocenters. The highest BCUT2D eigenvalue weighted by Gasteiger charge is 2.49. The van der Waals surface area contributed by atoms with Gasteiger partial charge in [-0.25, -0.2) is 4.79 Å². The van der Waals surface area contributed by atoms with Crippen LogP contribution in [-0.2, 0) is 4.74 Å². The van der Waals surface area contributed by atoms with Crippen LogP contribution in [-0.4, -0.2) is 30.2 Å². The second kappa shape index (κ2) is 2.89. The van der Waals surface area contributed by atoms with Gasteiger partial charge in [0.25, 0.3) is 0 Å². The van der Waals surface area contributed by atoms with Gasteiger partial charge < -0.3 is 9.64 Å². The Morgan fingerprint density at radius 3 is 2.54 bits per heavy atom. The predicted octanol–water partition coefficient (Wildman–Crippen LogP) is 2.02. The Labute approximate surface area is 79.0 Å². The van der Waals surface area contributed by atoms with Gasteiger partial charge in [-0.3, -0.25) is 0 Å². The summed E-state index contributed by atoms with van der Waals surface area (Å²) in [6.45, 7) is 5.60. The van der Waals surface area contributed by atoms with Gasteiger partial charge in [-0.05, 0) is 38.5 Å². The zero-order valence-corrected chi connectivity index (χ0v) is 8.38. The van der Waals surface area contributed by atoms with Crippen LogP contribution in [0.2, 0.25) is 0 Å². The molecule has 0 aromatic rings. The highest BCUT2D eigenvalue weighted by Crippen LogP contribution is 2.52. The molecule has 3 nitrogen and oxygen atoms in total. The largest absolute Gasteiger partial charge is 0.447 e. The summed E-state index contributed by atoms with van der Waals surface area (Å²) in [7, 11) is 0. The first-order valence-electron chi connectivity index (χ1n) is 5.07. The lowest BCUT2D eigenvalue weighted by atomic mass is 10.1. The standard InChI is InChI=1S/C10H17NO2/c1-8(2)13-9(12)11-6-5-10(7-11)3-4-10/h8H,3-7H2,1-2H3. The first kappa shape index (κ1) is 8.85. The molecule has 1 spiro atoms. The number of likely N-dealkylation sites (tertiary alicyclic amines) is 1. The quantitative estimate of drug-likeness (QED) is 0.622. The molecule has 74 valence electrons. The summed E-state index contributed by atoms with van der Waals surface area (Å²) in [5.74, 6) is 0. The van der Waals surface area contributed by atoms with Gasteiger partial charge in [0.15, 0.2) is 0 Å². The number of hydrogen-bond acceptors (Lipinski definition) is 2. The summed E-state index contributed by atoms with van der Waals surface area (Å²) < 4.78 is 5.14. The van der Waals surface area contributed by atoms with Gasteiger partial charge in [-0.15, -0.1) is 0 Å². The van der Waals surface area contributed by atoms with Crippen molar-refractivity contribution < 1.29 is 9.53 Å². The molecule has 1 saturated carbocycles. The molecule has 1 aliphatic heterocycles. The van der Waals surface area contributed by atoms with Crippen LogP contribution in [0, 0.1) is 5.41 Å². The molecule has 1 heterocycles. The van der Waals surface area contributed by atoms with E-state index in [1.54, 1.807) is 0 Å². The number of ether oxygens (including phenoxy) is 1. The molecule has 0 aromatic heterocycles. The highest BCUT2D eigenvalue weighted by atomic mass is 16.6. The fourth-order valence-corrected chi connectivity index (χ4v) is 1.95. The van der Waals surface area contributed by atoms with Gasteiger partial charge in [0.2, 0.25) is 0 Å². The third-order valence-electron chi connectivity index (χ3n) is 2.99. The van der Waals surface area contributed by atoms with E-state index < -0.39 is 0 Å². The smallest absolute Gasteiger partial charge is 0.410 e. The van der Waals surface area contributed by atoms with Gasteiger partial charge in [0.05, 0.1) is 6.10 Å². The molecule has 3 heteroatoms. The van der Waals surface area contributed by atoms with Gasteiger partial charge in [0, 0.05) is 13.1 Å². The SMILES string of the molecule is CC(C)OC(=O)N1CCC2(CC2)C1. The van der Waals surface area contributed by atoms with Crippen LogP contribution in [0.4, 0.5) is 4.79 Å². The van der Waals surface area contributed by atoms with Crippen molar-refractivity contribution in [3.8, 4) is 0 Å². The van der Waals surface area contributed by atoms with Crippen LogP contribution in [0.15, 0.2) is 0 Å². The normalized spacial score (nSPS) is 24.1. The lowest BCUT2D eigenvalue weighted by Gasteiger charge is -2.17. The Hall–Kier alpha value is -0.730. The zero-order valence-electron chi connectivity index (χ0n) is 8.38. The van der Waals surface area contributed by atoms with Gasteiger partial charge in [-0.1, -0.05) is 0 Å². The van der Waals surface area contributed by atoms with Crippen LogP contribution < -0.4 is 0 Å². The first-order valence-corrected chi connectivity index (χ1v) is 5.07. The van der Waals surface area contributed by atoms with Crippen LogP contribution in [0.5, 0.6) is 0 Å². The highest BCUT2D eigenvalue weighted by molar-refractivity contribution is 5.68. The molecule has 0 bridgehead atoms. The first-order chi connectivity index (χ1) is 6.11. The topological polar surface area (TPSA) is 29.5 Å². The molecule has 2 aliphatic rings. The van der Waals surface area contributed by atoms with Gasteiger partial charge >= 0.3 is 6.09 Å². The molecule has 0 aromatic carbocycles. The summed E-state index contributed by atoms with van der Waals surface area (Å²) in [6.07, 6.45) is 3.67. The maximum Gasteiger partial charge on any atom is 0.410 e. The van der Waals surface area contributed by atoms with E-state index in [1.165, 1.54) is 19.3 Å². The Morgan fingerprint density at radius 2 is 2.08 bits per heavy atom. The average molecular weight is 183 g/mol. The Balaban J connectivity index is 1.84. The summed E-state index contributed by atoms with van der Waals surface area (Å²) >= 11 is 0. The second-order valence-electron chi connectivity index (χ2n) is 4.60. The van der Waals surface area contributed by atoms with E-state index >= 15 is 0 Å². The van der Waals surface area contributed by atoms with Crippen molar-refractivity contribution in [3.63, 3.8) is 0 Å². The Morgan fingerprint density at radius 1 is 1.38 bits per heavy atom. The third kappa shape index (κ3) is 1.79. The number of rotatable bonds is 1. The van der Waals surface area contributed by atoms with Crippen molar-refractivity contribution >= 4 is 6.09 Å². The van der Waals surface area contributed by atoms with Crippen molar-refractivity contribution in [2.45, 2.75) is 39.2 Å². The summed E-state index contributed by atoms with van der Waals surface area (Å²) in [6, 6.07) is 0. The van der Waals surface area contributed by atoms with Gasteiger partial charge in [-0.2, -0.15) is 0 Å².